The lowest BCUT2D eigenvalue weighted by molar-refractivity contribution is -0.131. The minimum Gasteiger partial charge on any atom is -0.359 e. The number of amides is 2. The Balaban J connectivity index is 1.71. The predicted molar refractivity (Wildman–Crippen MR) is 127 cm³/mol. The lowest BCUT2D eigenvalue weighted by Gasteiger charge is -2.39. The van der Waals surface area contributed by atoms with Crippen molar-refractivity contribution < 1.29 is 9.59 Å². The number of benzene rings is 2. The molecule has 1 aliphatic rings. The molecule has 0 bridgehead atoms. The summed E-state index contributed by atoms with van der Waals surface area (Å²) in [5, 5.41) is 12.6. The standard InChI is InChI=1S/C22H21N5O2S2/c1-13-4-8-16(9-5-13)26-19(28)18(12-23-21-25-24-15(3)31-21)20(29)27(22(26)30)17-10-6-14(2)7-11-17/h4-11,18H,12H2,1-3H3,(H,23,25). The molecule has 31 heavy (non-hydrogen) atoms. The molecular formula is C22H21N5O2S2. The molecule has 2 amide bonds. The Labute approximate surface area is 189 Å². The van der Waals surface area contributed by atoms with Crippen molar-refractivity contribution in [2.45, 2.75) is 20.8 Å². The average Bonchev–Trinajstić information content (AvgIpc) is 3.16. The zero-order valence-corrected chi connectivity index (χ0v) is 19.0. The summed E-state index contributed by atoms with van der Waals surface area (Å²) >= 11 is 7.00. The molecule has 1 aliphatic heterocycles. The second-order valence-electron chi connectivity index (χ2n) is 7.36. The van der Waals surface area contributed by atoms with Gasteiger partial charge in [-0.15, -0.1) is 10.2 Å². The number of nitrogens with one attached hydrogen (secondary N) is 1. The summed E-state index contributed by atoms with van der Waals surface area (Å²) < 4.78 is 0. The van der Waals surface area contributed by atoms with Crippen molar-refractivity contribution >= 4 is 57.0 Å². The van der Waals surface area contributed by atoms with Crippen LogP contribution in [0.2, 0.25) is 0 Å². The van der Waals surface area contributed by atoms with E-state index in [0.717, 1.165) is 16.1 Å². The van der Waals surface area contributed by atoms with Gasteiger partial charge in [0.25, 0.3) is 0 Å². The van der Waals surface area contributed by atoms with Gasteiger partial charge in [0.15, 0.2) is 5.11 Å². The van der Waals surface area contributed by atoms with Gasteiger partial charge in [0.1, 0.15) is 10.9 Å². The van der Waals surface area contributed by atoms with E-state index in [4.69, 9.17) is 12.2 Å². The van der Waals surface area contributed by atoms with Crippen molar-refractivity contribution in [3.8, 4) is 0 Å². The van der Waals surface area contributed by atoms with Crippen LogP contribution in [0.1, 0.15) is 16.1 Å². The largest absolute Gasteiger partial charge is 0.359 e. The number of hydrogen-bond donors (Lipinski definition) is 1. The van der Waals surface area contributed by atoms with E-state index in [-0.39, 0.29) is 23.5 Å². The van der Waals surface area contributed by atoms with E-state index in [2.05, 4.69) is 15.5 Å². The van der Waals surface area contributed by atoms with Crippen LogP contribution in [0.4, 0.5) is 16.5 Å². The Bertz CT molecular complexity index is 1070. The van der Waals surface area contributed by atoms with E-state index in [1.165, 1.54) is 21.1 Å². The average molecular weight is 452 g/mol. The number of nitrogens with zero attached hydrogens (tertiary/aromatic N) is 4. The summed E-state index contributed by atoms with van der Waals surface area (Å²) in [5.41, 5.74) is 3.38. The van der Waals surface area contributed by atoms with Gasteiger partial charge in [0.2, 0.25) is 16.9 Å². The van der Waals surface area contributed by atoms with Gasteiger partial charge in [-0.1, -0.05) is 46.7 Å². The van der Waals surface area contributed by atoms with Crippen LogP contribution in [-0.2, 0) is 9.59 Å². The third kappa shape index (κ3) is 4.19. The van der Waals surface area contributed by atoms with E-state index in [0.29, 0.717) is 16.5 Å². The zero-order valence-electron chi connectivity index (χ0n) is 17.3. The van der Waals surface area contributed by atoms with Crippen LogP contribution >= 0.6 is 23.6 Å². The summed E-state index contributed by atoms with van der Waals surface area (Å²) in [4.78, 5) is 29.7. The number of aryl methyl sites for hydroxylation is 3. The molecule has 2 heterocycles. The van der Waals surface area contributed by atoms with E-state index >= 15 is 0 Å². The molecule has 0 saturated carbocycles. The smallest absolute Gasteiger partial charge is 0.247 e. The lowest BCUT2D eigenvalue weighted by Crippen LogP contribution is -2.61. The van der Waals surface area contributed by atoms with Crippen molar-refractivity contribution in [3.05, 3.63) is 64.7 Å². The fourth-order valence-electron chi connectivity index (χ4n) is 3.30. The van der Waals surface area contributed by atoms with Crippen LogP contribution in [0.5, 0.6) is 0 Å². The molecule has 0 aliphatic carbocycles. The van der Waals surface area contributed by atoms with Crippen LogP contribution in [0.25, 0.3) is 0 Å². The molecule has 0 spiro atoms. The first kappa shape index (κ1) is 21.1. The Kier molecular flexibility index (Phi) is 5.79. The van der Waals surface area contributed by atoms with Crippen molar-refractivity contribution in [3.63, 3.8) is 0 Å². The second-order valence-corrected chi connectivity index (χ2v) is 8.91. The highest BCUT2D eigenvalue weighted by Crippen LogP contribution is 2.30. The first-order chi connectivity index (χ1) is 14.8. The highest BCUT2D eigenvalue weighted by Gasteiger charge is 2.45. The van der Waals surface area contributed by atoms with Crippen molar-refractivity contribution in [2.75, 3.05) is 21.7 Å². The molecule has 4 rings (SSSR count). The maximum atomic E-state index is 13.4. The number of rotatable bonds is 5. The van der Waals surface area contributed by atoms with E-state index in [9.17, 15) is 9.59 Å². The maximum Gasteiger partial charge on any atom is 0.247 e. The number of hydrogen-bond acceptors (Lipinski definition) is 7. The molecule has 9 heteroatoms. The van der Waals surface area contributed by atoms with Crippen LogP contribution < -0.4 is 15.1 Å². The minimum atomic E-state index is -0.960. The maximum absolute atomic E-state index is 13.4. The lowest BCUT2D eigenvalue weighted by atomic mass is 10.0. The van der Waals surface area contributed by atoms with Gasteiger partial charge in [-0.25, -0.2) is 0 Å². The first-order valence-corrected chi connectivity index (χ1v) is 11.0. The van der Waals surface area contributed by atoms with Crippen molar-refractivity contribution in [1.82, 2.24) is 10.2 Å². The first-order valence-electron chi connectivity index (χ1n) is 9.74. The number of thiocarbonyl (C=S) groups is 1. The monoisotopic (exact) mass is 451 g/mol. The van der Waals surface area contributed by atoms with Crippen molar-refractivity contribution in [1.29, 1.82) is 0 Å². The summed E-state index contributed by atoms with van der Waals surface area (Å²) in [7, 11) is 0. The molecule has 0 atom stereocenters. The molecule has 2 aromatic carbocycles. The minimum absolute atomic E-state index is 0.0969. The third-order valence-electron chi connectivity index (χ3n) is 4.99. The van der Waals surface area contributed by atoms with Gasteiger partial charge in [-0.2, -0.15) is 0 Å². The SMILES string of the molecule is Cc1ccc(N2C(=O)C(CNc3nnc(C)s3)C(=O)N(c3ccc(C)cc3)C2=S)cc1. The van der Waals surface area contributed by atoms with Crippen LogP contribution in [-0.4, -0.2) is 33.7 Å². The normalized spacial score (nSPS) is 15.0. The van der Waals surface area contributed by atoms with Crippen molar-refractivity contribution in [2.24, 2.45) is 5.92 Å². The number of anilines is 3. The third-order valence-corrected chi connectivity index (χ3v) is 6.15. The Morgan fingerprint density at radius 1 is 0.871 bits per heavy atom. The fourth-order valence-corrected chi connectivity index (χ4v) is 4.29. The molecule has 1 aromatic heterocycles. The highest BCUT2D eigenvalue weighted by molar-refractivity contribution is 7.81. The zero-order chi connectivity index (χ0) is 22.1. The van der Waals surface area contributed by atoms with Crippen LogP contribution in [0.15, 0.2) is 48.5 Å². The molecule has 0 radical (unpaired) electrons. The summed E-state index contributed by atoms with van der Waals surface area (Å²) in [6.45, 7) is 5.88. The topological polar surface area (TPSA) is 78.4 Å². The molecular weight excluding hydrogens is 430 g/mol. The van der Waals surface area contributed by atoms with Gasteiger partial charge >= 0.3 is 0 Å². The quantitative estimate of drug-likeness (QED) is 0.469. The number of carbonyl (C=O) groups excluding carboxylic acids is 2. The van der Waals surface area contributed by atoms with Crippen LogP contribution in [0.3, 0.4) is 0 Å². The Morgan fingerprint density at radius 2 is 1.35 bits per heavy atom. The van der Waals surface area contributed by atoms with Gasteiger partial charge < -0.3 is 5.32 Å². The molecule has 158 valence electrons. The molecule has 3 aromatic rings. The number of aromatic nitrogens is 2. The summed E-state index contributed by atoms with van der Waals surface area (Å²) in [6, 6.07) is 15.0. The van der Waals surface area contributed by atoms with Gasteiger partial charge in [-0.05, 0) is 57.3 Å². The Morgan fingerprint density at radius 3 is 1.77 bits per heavy atom. The predicted octanol–water partition coefficient (Wildman–Crippen LogP) is 3.86. The molecule has 1 saturated heterocycles. The van der Waals surface area contributed by atoms with E-state index < -0.39 is 5.92 Å². The molecule has 7 nitrogen and oxygen atoms in total. The van der Waals surface area contributed by atoms with Crippen LogP contribution in [0, 0.1) is 26.7 Å². The Hall–Kier alpha value is -3.17. The van der Waals surface area contributed by atoms with E-state index in [1.807, 2.05) is 69.3 Å². The molecule has 0 unspecified atom stereocenters. The van der Waals surface area contributed by atoms with Gasteiger partial charge in [-0.3, -0.25) is 19.4 Å². The van der Waals surface area contributed by atoms with Gasteiger partial charge in [0.05, 0.1) is 11.4 Å². The second kappa shape index (κ2) is 8.52. The fraction of sp³-hybridized carbons (Fsp3) is 0.227. The highest BCUT2D eigenvalue weighted by atomic mass is 32.1. The summed E-state index contributed by atoms with van der Waals surface area (Å²) in [5.74, 6) is -1.69. The van der Waals surface area contributed by atoms with Gasteiger partial charge in [0, 0.05) is 6.54 Å². The van der Waals surface area contributed by atoms with E-state index in [1.54, 1.807) is 0 Å². The number of carbonyl (C=O) groups is 2. The molecule has 1 fully saturated rings. The summed E-state index contributed by atoms with van der Waals surface area (Å²) in [6.07, 6.45) is 0. The molecule has 1 N–H and O–H groups in total.